The SMILES string of the molecule is CC1(C)CCSCC1Nc1cc(Br)ccc1C#N. The average molecular weight is 325 g/mol. The van der Waals surface area contributed by atoms with Crippen LogP contribution in [0.25, 0.3) is 0 Å². The van der Waals surface area contributed by atoms with Crippen molar-refractivity contribution in [2.45, 2.75) is 26.3 Å². The lowest BCUT2D eigenvalue weighted by Gasteiger charge is -2.39. The first-order chi connectivity index (χ1) is 8.53. The van der Waals surface area contributed by atoms with Crippen molar-refractivity contribution < 1.29 is 0 Å². The van der Waals surface area contributed by atoms with Gasteiger partial charge in [-0.05, 0) is 35.8 Å². The van der Waals surface area contributed by atoms with E-state index in [1.54, 1.807) is 0 Å². The van der Waals surface area contributed by atoms with Crippen molar-refractivity contribution in [3.8, 4) is 6.07 Å². The monoisotopic (exact) mass is 324 g/mol. The van der Waals surface area contributed by atoms with E-state index < -0.39 is 0 Å². The molecule has 0 amide bonds. The molecule has 1 aliphatic heterocycles. The van der Waals surface area contributed by atoms with Crippen molar-refractivity contribution in [1.29, 1.82) is 5.26 Å². The minimum absolute atomic E-state index is 0.278. The fraction of sp³-hybridized carbons (Fsp3) is 0.500. The molecule has 96 valence electrons. The fourth-order valence-electron chi connectivity index (χ4n) is 2.09. The minimum Gasteiger partial charge on any atom is -0.380 e. The first kappa shape index (κ1) is 13.8. The Morgan fingerprint density at radius 2 is 2.28 bits per heavy atom. The van der Waals surface area contributed by atoms with E-state index in [1.165, 1.54) is 12.2 Å². The Morgan fingerprint density at radius 1 is 1.50 bits per heavy atom. The number of benzene rings is 1. The van der Waals surface area contributed by atoms with Gasteiger partial charge in [0.25, 0.3) is 0 Å². The van der Waals surface area contributed by atoms with Gasteiger partial charge in [0.15, 0.2) is 0 Å². The third kappa shape index (κ3) is 3.02. The molecule has 1 unspecified atom stereocenters. The van der Waals surface area contributed by atoms with Gasteiger partial charge in [0.05, 0.1) is 11.3 Å². The van der Waals surface area contributed by atoms with E-state index in [2.05, 4.69) is 41.2 Å². The number of thioether (sulfide) groups is 1. The molecule has 2 rings (SSSR count). The molecular weight excluding hydrogens is 308 g/mol. The van der Waals surface area contributed by atoms with Crippen molar-refractivity contribution in [2.24, 2.45) is 5.41 Å². The molecule has 2 nitrogen and oxygen atoms in total. The van der Waals surface area contributed by atoms with E-state index in [1.807, 2.05) is 30.0 Å². The Balaban J connectivity index is 2.23. The van der Waals surface area contributed by atoms with Gasteiger partial charge in [0.1, 0.15) is 6.07 Å². The van der Waals surface area contributed by atoms with Crippen LogP contribution in [0.3, 0.4) is 0 Å². The van der Waals surface area contributed by atoms with Crippen molar-refractivity contribution in [1.82, 2.24) is 0 Å². The number of nitrogens with one attached hydrogen (secondary N) is 1. The summed E-state index contributed by atoms with van der Waals surface area (Å²) in [7, 11) is 0. The highest BCUT2D eigenvalue weighted by molar-refractivity contribution is 9.10. The maximum atomic E-state index is 9.16. The first-order valence-corrected chi connectivity index (χ1v) is 8.01. The molecule has 0 spiro atoms. The van der Waals surface area contributed by atoms with E-state index in [9.17, 15) is 0 Å². The van der Waals surface area contributed by atoms with E-state index in [0.717, 1.165) is 15.9 Å². The Hall–Kier alpha value is -0.660. The van der Waals surface area contributed by atoms with Gasteiger partial charge in [-0.2, -0.15) is 17.0 Å². The second-order valence-electron chi connectivity index (χ2n) is 5.31. The lowest BCUT2D eigenvalue weighted by atomic mass is 9.82. The van der Waals surface area contributed by atoms with Gasteiger partial charge in [0.2, 0.25) is 0 Å². The molecule has 4 heteroatoms. The fourth-order valence-corrected chi connectivity index (χ4v) is 4.06. The highest BCUT2D eigenvalue weighted by atomic mass is 79.9. The lowest BCUT2D eigenvalue weighted by Crippen LogP contribution is -2.41. The summed E-state index contributed by atoms with van der Waals surface area (Å²) in [6.07, 6.45) is 1.21. The maximum Gasteiger partial charge on any atom is 0.101 e. The number of hydrogen-bond donors (Lipinski definition) is 1. The van der Waals surface area contributed by atoms with Crippen LogP contribution in [0.5, 0.6) is 0 Å². The molecule has 1 aromatic carbocycles. The Kier molecular flexibility index (Phi) is 4.24. The minimum atomic E-state index is 0.278. The smallest absolute Gasteiger partial charge is 0.101 e. The molecule has 1 heterocycles. The van der Waals surface area contributed by atoms with E-state index >= 15 is 0 Å². The highest BCUT2D eigenvalue weighted by Gasteiger charge is 2.32. The summed E-state index contributed by atoms with van der Waals surface area (Å²) in [6, 6.07) is 8.42. The topological polar surface area (TPSA) is 35.8 Å². The third-order valence-electron chi connectivity index (χ3n) is 3.55. The van der Waals surface area contributed by atoms with Crippen molar-refractivity contribution in [3.05, 3.63) is 28.2 Å². The molecule has 0 aliphatic carbocycles. The molecule has 1 saturated heterocycles. The van der Waals surface area contributed by atoms with Crippen LogP contribution in [0.4, 0.5) is 5.69 Å². The zero-order chi connectivity index (χ0) is 13.2. The quantitative estimate of drug-likeness (QED) is 0.882. The van der Waals surface area contributed by atoms with Crippen LogP contribution in [-0.2, 0) is 0 Å². The second-order valence-corrected chi connectivity index (χ2v) is 7.38. The molecule has 1 aliphatic rings. The van der Waals surface area contributed by atoms with Gasteiger partial charge in [-0.25, -0.2) is 0 Å². The number of nitriles is 1. The average Bonchev–Trinajstić information content (AvgIpc) is 2.32. The normalized spacial score (nSPS) is 22.2. The highest BCUT2D eigenvalue weighted by Crippen LogP contribution is 2.36. The van der Waals surface area contributed by atoms with Gasteiger partial charge in [-0.3, -0.25) is 0 Å². The van der Waals surface area contributed by atoms with Crippen LogP contribution in [-0.4, -0.2) is 17.5 Å². The molecule has 1 aromatic rings. The number of rotatable bonds is 2. The number of halogens is 1. The van der Waals surface area contributed by atoms with E-state index in [4.69, 9.17) is 5.26 Å². The summed E-state index contributed by atoms with van der Waals surface area (Å²) in [4.78, 5) is 0. The summed E-state index contributed by atoms with van der Waals surface area (Å²) in [6.45, 7) is 4.60. The predicted octanol–water partition coefficient (Wildman–Crippen LogP) is 4.26. The lowest BCUT2D eigenvalue weighted by molar-refractivity contribution is 0.305. The Morgan fingerprint density at radius 3 is 2.94 bits per heavy atom. The summed E-state index contributed by atoms with van der Waals surface area (Å²) in [5.41, 5.74) is 1.93. The molecule has 1 fully saturated rings. The van der Waals surface area contributed by atoms with Crippen molar-refractivity contribution >= 4 is 33.4 Å². The molecular formula is C14H17BrN2S. The molecule has 0 radical (unpaired) electrons. The molecule has 18 heavy (non-hydrogen) atoms. The van der Waals surface area contributed by atoms with Gasteiger partial charge >= 0.3 is 0 Å². The number of anilines is 1. The van der Waals surface area contributed by atoms with Gasteiger partial charge in [-0.15, -0.1) is 0 Å². The van der Waals surface area contributed by atoms with Crippen LogP contribution >= 0.6 is 27.7 Å². The van der Waals surface area contributed by atoms with Crippen molar-refractivity contribution in [3.63, 3.8) is 0 Å². The zero-order valence-electron chi connectivity index (χ0n) is 10.7. The Bertz CT molecular complexity index is 479. The van der Waals surface area contributed by atoms with Gasteiger partial charge < -0.3 is 5.32 Å². The molecule has 0 aromatic heterocycles. The largest absolute Gasteiger partial charge is 0.380 e. The van der Waals surface area contributed by atoms with Crippen LogP contribution < -0.4 is 5.32 Å². The number of nitrogens with zero attached hydrogens (tertiary/aromatic N) is 1. The molecule has 0 bridgehead atoms. The van der Waals surface area contributed by atoms with Crippen LogP contribution in [0.15, 0.2) is 22.7 Å². The number of hydrogen-bond acceptors (Lipinski definition) is 3. The molecule has 0 saturated carbocycles. The summed E-state index contributed by atoms with van der Waals surface area (Å²) in [5.74, 6) is 2.33. The molecule has 1 N–H and O–H groups in total. The maximum absolute atomic E-state index is 9.16. The standard InChI is InChI=1S/C14H17BrN2S/c1-14(2)5-6-18-9-13(14)17-12-7-11(15)4-3-10(12)8-16/h3-4,7,13,17H,5-6,9H2,1-2H3. The molecule has 1 atom stereocenters. The van der Waals surface area contributed by atoms with Gasteiger partial charge in [-0.1, -0.05) is 29.8 Å². The zero-order valence-corrected chi connectivity index (χ0v) is 13.1. The second kappa shape index (κ2) is 5.54. The summed E-state index contributed by atoms with van der Waals surface area (Å²) >= 11 is 5.45. The third-order valence-corrected chi connectivity index (χ3v) is 5.11. The Labute approximate surface area is 121 Å². The summed E-state index contributed by atoms with van der Waals surface area (Å²) < 4.78 is 1.00. The van der Waals surface area contributed by atoms with Crippen LogP contribution in [0.2, 0.25) is 0 Å². The van der Waals surface area contributed by atoms with Crippen LogP contribution in [0, 0.1) is 16.7 Å². The first-order valence-electron chi connectivity index (χ1n) is 6.07. The van der Waals surface area contributed by atoms with E-state index in [-0.39, 0.29) is 5.41 Å². The van der Waals surface area contributed by atoms with Crippen molar-refractivity contribution in [2.75, 3.05) is 16.8 Å². The van der Waals surface area contributed by atoms with Crippen LogP contribution in [0.1, 0.15) is 25.8 Å². The predicted molar refractivity (Wildman–Crippen MR) is 82.0 cm³/mol. The summed E-state index contributed by atoms with van der Waals surface area (Å²) in [5, 5.41) is 12.7. The van der Waals surface area contributed by atoms with E-state index in [0.29, 0.717) is 11.6 Å². The van der Waals surface area contributed by atoms with Gasteiger partial charge in [0, 0.05) is 16.3 Å².